The van der Waals surface area contributed by atoms with Crippen molar-refractivity contribution in [1.29, 1.82) is 0 Å². The molecule has 0 spiro atoms. The Morgan fingerprint density at radius 3 is 2.61 bits per heavy atom. The first-order valence-electron chi connectivity index (χ1n) is 7.29. The normalized spacial score (nSPS) is 22.1. The summed E-state index contributed by atoms with van der Waals surface area (Å²) in [6.07, 6.45) is 0. The average Bonchev–Trinajstić information content (AvgIpc) is 2.93. The van der Waals surface area contributed by atoms with Gasteiger partial charge in [-0.15, -0.1) is 36.2 Å². The SMILES string of the molecule is Cl.Cl.O=C(C1COCCN1)N1CCN(Cc2ccc(Br)s2)CC1. The molecule has 132 valence electrons. The van der Waals surface area contributed by atoms with Gasteiger partial charge >= 0.3 is 0 Å². The number of ether oxygens (including phenoxy) is 1. The Kier molecular flexibility index (Phi) is 9.36. The number of hydrogen-bond acceptors (Lipinski definition) is 5. The number of carbonyl (C=O) groups excluding carboxylic acids is 1. The molecule has 5 nitrogen and oxygen atoms in total. The molecule has 1 unspecified atom stereocenters. The van der Waals surface area contributed by atoms with Crippen molar-refractivity contribution in [3.63, 3.8) is 0 Å². The van der Waals surface area contributed by atoms with Crippen molar-refractivity contribution in [2.75, 3.05) is 45.9 Å². The van der Waals surface area contributed by atoms with E-state index in [-0.39, 0.29) is 36.8 Å². The predicted molar refractivity (Wildman–Crippen MR) is 101 cm³/mol. The summed E-state index contributed by atoms with van der Waals surface area (Å²) in [6, 6.07) is 4.10. The smallest absolute Gasteiger partial charge is 0.242 e. The quantitative estimate of drug-likeness (QED) is 0.771. The molecule has 0 bridgehead atoms. The maximum absolute atomic E-state index is 12.4. The van der Waals surface area contributed by atoms with Crippen molar-refractivity contribution >= 4 is 58.0 Å². The van der Waals surface area contributed by atoms with Crippen LogP contribution in [0.5, 0.6) is 0 Å². The molecular formula is C14H22BrCl2N3O2S. The topological polar surface area (TPSA) is 44.8 Å². The number of morpholine rings is 1. The second kappa shape index (κ2) is 10.2. The van der Waals surface area contributed by atoms with Gasteiger partial charge in [0.15, 0.2) is 0 Å². The molecule has 1 N–H and O–H groups in total. The molecule has 2 saturated heterocycles. The fraction of sp³-hybridized carbons (Fsp3) is 0.643. The second-order valence-corrected chi connectivity index (χ2v) is 7.94. The zero-order valence-electron chi connectivity index (χ0n) is 12.7. The fourth-order valence-corrected chi connectivity index (χ4v) is 4.25. The first-order valence-corrected chi connectivity index (χ1v) is 8.90. The number of piperazine rings is 1. The van der Waals surface area contributed by atoms with Crippen LogP contribution in [0.25, 0.3) is 0 Å². The van der Waals surface area contributed by atoms with Gasteiger partial charge < -0.3 is 15.0 Å². The molecule has 2 aliphatic rings. The van der Waals surface area contributed by atoms with Crippen molar-refractivity contribution in [3.8, 4) is 0 Å². The van der Waals surface area contributed by atoms with Crippen LogP contribution < -0.4 is 5.32 Å². The zero-order chi connectivity index (χ0) is 14.7. The van der Waals surface area contributed by atoms with Crippen LogP contribution in [-0.2, 0) is 16.1 Å². The Bertz CT molecular complexity index is 492. The number of nitrogens with one attached hydrogen (secondary N) is 1. The van der Waals surface area contributed by atoms with E-state index in [4.69, 9.17) is 4.74 Å². The Morgan fingerprint density at radius 2 is 2.04 bits per heavy atom. The van der Waals surface area contributed by atoms with Gasteiger partial charge in [0.2, 0.25) is 5.91 Å². The van der Waals surface area contributed by atoms with Gasteiger partial charge in [-0.2, -0.15) is 0 Å². The molecule has 1 aromatic heterocycles. The van der Waals surface area contributed by atoms with Gasteiger partial charge in [0.1, 0.15) is 6.04 Å². The number of halogens is 3. The molecule has 0 aromatic carbocycles. The van der Waals surface area contributed by atoms with E-state index < -0.39 is 0 Å². The molecule has 1 atom stereocenters. The van der Waals surface area contributed by atoms with Crippen molar-refractivity contribution in [1.82, 2.24) is 15.1 Å². The monoisotopic (exact) mass is 445 g/mol. The van der Waals surface area contributed by atoms with Gasteiger partial charge in [0, 0.05) is 44.1 Å². The molecule has 23 heavy (non-hydrogen) atoms. The molecule has 2 aliphatic heterocycles. The Balaban J connectivity index is 0.00000132. The number of carbonyl (C=O) groups is 1. The molecular weight excluding hydrogens is 425 g/mol. The third-order valence-electron chi connectivity index (χ3n) is 3.91. The van der Waals surface area contributed by atoms with Crippen LogP contribution in [0.3, 0.4) is 0 Å². The molecule has 3 heterocycles. The lowest BCUT2D eigenvalue weighted by Crippen LogP contribution is -2.56. The van der Waals surface area contributed by atoms with Crippen molar-refractivity contribution in [2.24, 2.45) is 0 Å². The van der Waals surface area contributed by atoms with Crippen molar-refractivity contribution < 1.29 is 9.53 Å². The van der Waals surface area contributed by atoms with Crippen LogP contribution >= 0.6 is 52.1 Å². The van der Waals surface area contributed by atoms with E-state index in [1.165, 1.54) is 8.66 Å². The first kappa shape index (κ1) is 21.2. The Labute approximate surface area is 161 Å². The Morgan fingerprint density at radius 1 is 1.30 bits per heavy atom. The highest BCUT2D eigenvalue weighted by atomic mass is 79.9. The largest absolute Gasteiger partial charge is 0.378 e. The molecule has 9 heteroatoms. The van der Waals surface area contributed by atoms with E-state index in [2.05, 4.69) is 38.3 Å². The van der Waals surface area contributed by atoms with Gasteiger partial charge in [-0.25, -0.2) is 0 Å². The van der Waals surface area contributed by atoms with Gasteiger partial charge in [0.25, 0.3) is 0 Å². The van der Waals surface area contributed by atoms with Crippen LogP contribution in [0.1, 0.15) is 4.88 Å². The average molecular weight is 447 g/mol. The molecule has 0 radical (unpaired) electrons. The summed E-state index contributed by atoms with van der Waals surface area (Å²) in [4.78, 5) is 18.1. The van der Waals surface area contributed by atoms with Gasteiger partial charge in [-0.05, 0) is 28.1 Å². The lowest BCUT2D eigenvalue weighted by molar-refractivity contribution is -0.138. The van der Waals surface area contributed by atoms with Crippen molar-refractivity contribution in [3.05, 3.63) is 20.8 Å². The second-order valence-electron chi connectivity index (χ2n) is 5.39. The summed E-state index contributed by atoms with van der Waals surface area (Å²) in [6.45, 7) is 6.44. The summed E-state index contributed by atoms with van der Waals surface area (Å²) in [7, 11) is 0. The number of rotatable bonds is 3. The minimum atomic E-state index is -0.154. The maximum Gasteiger partial charge on any atom is 0.242 e. The van der Waals surface area contributed by atoms with Crippen LogP contribution in [-0.4, -0.2) is 67.7 Å². The highest BCUT2D eigenvalue weighted by Gasteiger charge is 2.28. The number of thiophene rings is 1. The number of hydrogen-bond donors (Lipinski definition) is 1. The van der Waals surface area contributed by atoms with Gasteiger partial charge in [0.05, 0.1) is 17.0 Å². The molecule has 2 fully saturated rings. The van der Waals surface area contributed by atoms with Crippen LogP contribution in [0.2, 0.25) is 0 Å². The Hall–Kier alpha value is 0.110. The highest BCUT2D eigenvalue weighted by Crippen LogP contribution is 2.23. The summed E-state index contributed by atoms with van der Waals surface area (Å²) >= 11 is 5.28. The fourth-order valence-electron chi connectivity index (χ4n) is 2.73. The summed E-state index contributed by atoms with van der Waals surface area (Å²) < 4.78 is 6.55. The first-order chi connectivity index (χ1) is 10.2. The molecule has 1 aromatic rings. The standard InChI is InChI=1S/C14H20BrN3O2S.2ClH/c15-13-2-1-11(21-13)9-17-4-6-18(7-5-17)14(19)12-10-20-8-3-16-12;;/h1-2,12,16H,3-10H2;2*1H. The van der Waals surface area contributed by atoms with Crippen LogP contribution in [0, 0.1) is 0 Å². The van der Waals surface area contributed by atoms with E-state index in [1.807, 2.05) is 4.90 Å². The third-order valence-corrected chi connectivity index (χ3v) is 5.52. The van der Waals surface area contributed by atoms with E-state index in [0.717, 1.165) is 39.3 Å². The highest BCUT2D eigenvalue weighted by molar-refractivity contribution is 9.11. The minimum absolute atomic E-state index is 0. The summed E-state index contributed by atoms with van der Waals surface area (Å²) in [5, 5.41) is 3.24. The zero-order valence-corrected chi connectivity index (χ0v) is 16.7. The van der Waals surface area contributed by atoms with Crippen LogP contribution in [0.15, 0.2) is 15.9 Å². The van der Waals surface area contributed by atoms with E-state index in [0.29, 0.717) is 13.2 Å². The molecule has 3 rings (SSSR count). The number of nitrogens with zero attached hydrogens (tertiary/aromatic N) is 2. The molecule has 0 aliphatic carbocycles. The summed E-state index contributed by atoms with van der Waals surface area (Å²) in [5.74, 6) is 0.188. The lowest BCUT2D eigenvalue weighted by Gasteiger charge is -2.37. The molecule has 1 amide bonds. The lowest BCUT2D eigenvalue weighted by atomic mass is 10.2. The van der Waals surface area contributed by atoms with E-state index in [9.17, 15) is 4.79 Å². The molecule has 0 saturated carbocycles. The van der Waals surface area contributed by atoms with E-state index in [1.54, 1.807) is 11.3 Å². The van der Waals surface area contributed by atoms with Gasteiger partial charge in [-0.3, -0.25) is 9.69 Å². The number of amides is 1. The van der Waals surface area contributed by atoms with Crippen molar-refractivity contribution in [2.45, 2.75) is 12.6 Å². The van der Waals surface area contributed by atoms with E-state index >= 15 is 0 Å². The van der Waals surface area contributed by atoms with Gasteiger partial charge in [-0.1, -0.05) is 0 Å². The summed E-state index contributed by atoms with van der Waals surface area (Å²) in [5.41, 5.74) is 0. The predicted octanol–water partition coefficient (Wildman–Crippen LogP) is 1.99. The minimum Gasteiger partial charge on any atom is -0.378 e. The van der Waals surface area contributed by atoms with Crippen LogP contribution in [0.4, 0.5) is 0 Å². The maximum atomic E-state index is 12.4. The third kappa shape index (κ3) is 5.85.